The molecule has 0 N–H and O–H groups in total. The van der Waals surface area contributed by atoms with Crippen molar-refractivity contribution in [1.82, 2.24) is 0 Å². The lowest BCUT2D eigenvalue weighted by Gasteiger charge is -2.06. The summed E-state index contributed by atoms with van der Waals surface area (Å²) in [4.78, 5) is 0. The van der Waals surface area contributed by atoms with Crippen molar-refractivity contribution in [2.45, 2.75) is 6.42 Å². The van der Waals surface area contributed by atoms with Gasteiger partial charge in [0, 0.05) is 15.9 Å². The van der Waals surface area contributed by atoms with Gasteiger partial charge in [0.25, 0.3) is 0 Å². The summed E-state index contributed by atoms with van der Waals surface area (Å²) in [5.41, 5.74) is 1.57. The molecule has 0 nitrogen and oxygen atoms in total. The summed E-state index contributed by atoms with van der Waals surface area (Å²) in [5.74, 6) is -0.196. The maximum atomic E-state index is 13.5. The molecule has 0 bridgehead atoms. The van der Waals surface area contributed by atoms with Crippen LogP contribution in [0.5, 0.6) is 0 Å². The summed E-state index contributed by atoms with van der Waals surface area (Å²) in [6.45, 7) is 0. The molecule has 0 aromatic heterocycles. The van der Waals surface area contributed by atoms with Gasteiger partial charge in [-0.25, -0.2) is 4.39 Å². The van der Waals surface area contributed by atoms with Crippen molar-refractivity contribution in [1.29, 1.82) is 0 Å². The molecule has 0 radical (unpaired) electrons. The van der Waals surface area contributed by atoms with E-state index in [1.54, 1.807) is 12.1 Å². The van der Waals surface area contributed by atoms with Crippen LogP contribution in [0.15, 0.2) is 46.9 Å². The Morgan fingerprint density at radius 2 is 1.81 bits per heavy atom. The van der Waals surface area contributed by atoms with Gasteiger partial charge in [-0.1, -0.05) is 45.7 Å². The second kappa shape index (κ2) is 4.98. The van der Waals surface area contributed by atoms with E-state index in [1.807, 2.05) is 24.3 Å². The number of halogens is 3. The Morgan fingerprint density at radius 3 is 2.56 bits per heavy atom. The maximum absolute atomic E-state index is 13.5. The molecule has 0 aliphatic rings. The van der Waals surface area contributed by atoms with Crippen molar-refractivity contribution in [3.63, 3.8) is 0 Å². The average molecular weight is 300 g/mol. The quantitative estimate of drug-likeness (QED) is 0.745. The maximum Gasteiger partial charge on any atom is 0.126 e. The number of hydrogen-bond donors (Lipinski definition) is 0. The number of rotatable bonds is 2. The van der Waals surface area contributed by atoms with E-state index in [4.69, 9.17) is 11.6 Å². The normalized spacial score (nSPS) is 10.4. The minimum Gasteiger partial charge on any atom is -0.207 e. The molecule has 2 aromatic carbocycles. The zero-order valence-corrected chi connectivity index (χ0v) is 10.7. The molecule has 3 heteroatoms. The summed E-state index contributed by atoms with van der Waals surface area (Å²) in [7, 11) is 0. The molecule has 0 spiro atoms. The first-order valence-electron chi connectivity index (χ1n) is 4.84. The van der Waals surface area contributed by atoms with Crippen molar-refractivity contribution in [3.8, 4) is 0 Å². The standard InChI is InChI=1S/C13H9BrClF/c14-11-5-6-12(15)10(8-11)7-9-3-1-2-4-13(9)16/h1-6,8H,7H2. The molecule has 0 heterocycles. The third-order valence-electron chi connectivity index (χ3n) is 2.35. The molecule has 0 saturated heterocycles. The first-order chi connectivity index (χ1) is 7.66. The van der Waals surface area contributed by atoms with Crippen LogP contribution in [0.2, 0.25) is 5.02 Å². The first-order valence-corrected chi connectivity index (χ1v) is 6.01. The zero-order valence-electron chi connectivity index (χ0n) is 8.38. The van der Waals surface area contributed by atoms with Crippen LogP contribution in [-0.2, 0) is 6.42 Å². The van der Waals surface area contributed by atoms with Gasteiger partial charge in [-0.05, 0) is 35.4 Å². The number of hydrogen-bond acceptors (Lipinski definition) is 0. The summed E-state index contributed by atoms with van der Waals surface area (Å²) in [6.07, 6.45) is 0.505. The molecule has 0 atom stereocenters. The number of benzene rings is 2. The van der Waals surface area contributed by atoms with Crippen molar-refractivity contribution in [2.75, 3.05) is 0 Å². The minimum atomic E-state index is -0.196. The molecule has 0 fully saturated rings. The van der Waals surface area contributed by atoms with Crippen molar-refractivity contribution >= 4 is 27.5 Å². The smallest absolute Gasteiger partial charge is 0.126 e. The van der Waals surface area contributed by atoms with Gasteiger partial charge in [0.05, 0.1) is 0 Å². The van der Waals surface area contributed by atoms with Gasteiger partial charge in [-0.3, -0.25) is 0 Å². The predicted molar refractivity (Wildman–Crippen MR) is 68.4 cm³/mol. The van der Waals surface area contributed by atoms with E-state index in [0.717, 1.165) is 10.0 Å². The van der Waals surface area contributed by atoms with Crippen molar-refractivity contribution in [2.24, 2.45) is 0 Å². The SMILES string of the molecule is Fc1ccccc1Cc1cc(Br)ccc1Cl. The Kier molecular flexibility index (Phi) is 3.62. The van der Waals surface area contributed by atoms with Crippen molar-refractivity contribution < 1.29 is 4.39 Å². The molecule has 2 rings (SSSR count). The lowest BCUT2D eigenvalue weighted by molar-refractivity contribution is 0.614. The van der Waals surface area contributed by atoms with Crippen LogP contribution in [0.25, 0.3) is 0 Å². The third kappa shape index (κ3) is 2.63. The Labute approximate surface area is 107 Å². The molecule has 0 unspecified atom stereocenters. The van der Waals surface area contributed by atoms with Crippen molar-refractivity contribution in [3.05, 3.63) is 68.9 Å². The Morgan fingerprint density at radius 1 is 1.06 bits per heavy atom. The summed E-state index contributed by atoms with van der Waals surface area (Å²) < 4.78 is 14.4. The van der Waals surface area contributed by atoms with Gasteiger partial charge in [0.2, 0.25) is 0 Å². The highest BCUT2D eigenvalue weighted by molar-refractivity contribution is 9.10. The molecule has 2 aromatic rings. The van der Waals surface area contributed by atoms with E-state index in [2.05, 4.69) is 15.9 Å². The van der Waals surface area contributed by atoms with E-state index in [9.17, 15) is 4.39 Å². The molecular weight excluding hydrogens is 290 g/mol. The Hall–Kier alpha value is -0.860. The van der Waals surface area contributed by atoms with Gasteiger partial charge in [0.15, 0.2) is 0 Å². The topological polar surface area (TPSA) is 0 Å². The summed E-state index contributed by atoms with van der Waals surface area (Å²) >= 11 is 9.43. The van der Waals surface area contributed by atoms with E-state index in [-0.39, 0.29) is 5.82 Å². The first kappa shape index (κ1) is 11.6. The largest absolute Gasteiger partial charge is 0.207 e. The Bertz CT molecular complexity index is 511. The van der Waals surface area contributed by atoms with E-state index in [1.165, 1.54) is 6.07 Å². The average Bonchev–Trinajstić information content (AvgIpc) is 2.27. The highest BCUT2D eigenvalue weighted by atomic mass is 79.9. The van der Waals surface area contributed by atoms with E-state index < -0.39 is 0 Å². The van der Waals surface area contributed by atoms with Gasteiger partial charge in [0.1, 0.15) is 5.82 Å². The lowest BCUT2D eigenvalue weighted by Crippen LogP contribution is -1.93. The summed E-state index contributed by atoms with van der Waals surface area (Å²) in [6, 6.07) is 12.3. The fourth-order valence-electron chi connectivity index (χ4n) is 1.53. The van der Waals surface area contributed by atoms with Crippen LogP contribution < -0.4 is 0 Å². The minimum absolute atomic E-state index is 0.196. The molecule has 0 saturated carbocycles. The summed E-state index contributed by atoms with van der Waals surface area (Å²) in [5, 5.41) is 0.659. The van der Waals surface area contributed by atoms with E-state index in [0.29, 0.717) is 17.0 Å². The van der Waals surface area contributed by atoms with Crippen LogP contribution in [0.3, 0.4) is 0 Å². The van der Waals surface area contributed by atoms with Gasteiger partial charge in [-0.15, -0.1) is 0 Å². The third-order valence-corrected chi connectivity index (χ3v) is 3.21. The fraction of sp³-hybridized carbons (Fsp3) is 0.0769. The lowest BCUT2D eigenvalue weighted by atomic mass is 10.0. The second-order valence-electron chi connectivity index (χ2n) is 3.50. The molecule has 82 valence electrons. The van der Waals surface area contributed by atoms with Crippen LogP contribution in [0.4, 0.5) is 4.39 Å². The second-order valence-corrected chi connectivity index (χ2v) is 4.83. The Balaban J connectivity index is 2.34. The fourth-order valence-corrected chi connectivity index (χ4v) is 2.12. The van der Waals surface area contributed by atoms with Crippen LogP contribution in [0.1, 0.15) is 11.1 Å². The molecule has 0 amide bonds. The van der Waals surface area contributed by atoms with Crippen LogP contribution >= 0.6 is 27.5 Å². The van der Waals surface area contributed by atoms with Gasteiger partial charge >= 0.3 is 0 Å². The molecule has 0 aliphatic carbocycles. The highest BCUT2D eigenvalue weighted by Gasteiger charge is 2.06. The van der Waals surface area contributed by atoms with E-state index >= 15 is 0 Å². The molecule has 0 aliphatic heterocycles. The monoisotopic (exact) mass is 298 g/mol. The van der Waals surface area contributed by atoms with Gasteiger partial charge < -0.3 is 0 Å². The predicted octanol–water partition coefficient (Wildman–Crippen LogP) is 4.83. The van der Waals surface area contributed by atoms with Gasteiger partial charge in [-0.2, -0.15) is 0 Å². The zero-order chi connectivity index (χ0) is 11.5. The van der Waals surface area contributed by atoms with Crippen LogP contribution in [-0.4, -0.2) is 0 Å². The highest BCUT2D eigenvalue weighted by Crippen LogP contribution is 2.24. The van der Waals surface area contributed by atoms with Crippen LogP contribution in [0, 0.1) is 5.82 Å². The molecular formula is C13H9BrClF. The molecule has 16 heavy (non-hydrogen) atoms.